The maximum Gasteiger partial charge on any atom is 0.261 e. The molecule has 1 saturated carbocycles. The van der Waals surface area contributed by atoms with Gasteiger partial charge in [0.25, 0.3) is 5.91 Å². The highest BCUT2D eigenvalue weighted by Gasteiger charge is 2.16. The van der Waals surface area contributed by atoms with Crippen molar-refractivity contribution in [2.45, 2.75) is 32.1 Å². The molecule has 0 aromatic carbocycles. The van der Waals surface area contributed by atoms with Crippen LogP contribution in [0.3, 0.4) is 0 Å². The van der Waals surface area contributed by atoms with E-state index < -0.39 is 0 Å². The second kappa shape index (κ2) is 7.32. The fourth-order valence-electron chi connectivity index (χ4n) is 2.27. The van der Waals surface area contributed by atoms with E-state index in [0.29, 0.717) is 17.2 Å². The van der Waals surface area contributed by atoms with Gasteiger partial charge in [-0.15, -0.1) is 11.3 Å². The lowest BCUT2D eigenvalue weighted by Crippen LogP contribution is -2.27. The number of hydrogen-bond acceptors (Lipinski definition) is 3. The maximum absolute atomic E-state index is 12.0. The molecule has 102 valence electrons. The van der Waals surface area contributed by atoms with Crippen molar-refractivity contribution in [2.24, 2.45) is 5.92 Å². The summed E-state index contributed by atoms with van der Waals surface area (Å²) in [5, 5.41) is 11.7. The summed E-state index contributed by atoms with van der Waals surface area (Å²) >= 11 is 1.41. The van der Waals surface area contributed by atoms with E-state index in [1.54, 1.807) is 0 Å². The van der Waals surface area contributed by atoms with Crippen molar-refractivity contribution >= 4 is 17.2 Å². The minimum absolute atomic E-state index is 0.00658. The molecule has 2 N–H and O–H groups in total. The molecule has 4 heteroatoms. The van der Waals surface area contributed by atoms with E-state index in [2.05, 4.69) is 17.2 Å². The Kier molecular flexibility index (Phi) is 5.44. The Hall–Kier alpha value is -1.31. The number of carbonyl (C=O) groups is 1. The summed E-state index contributed by atoms with van der Waals surface area (Å²) in [7, 11) is 0. The molecule has 0 atom stereocenters. The zero-order valence-electron chi connectivity index (χ0n) is 10.9. The molecule has 0 saturated heterocycles. The molecule has 2 rings (SSSR count). The molecule has 1 aromatic rings. The van der Waals surface area contributed by atoms with Crippen LogP contribution in [-0.4, -0.2) is 24.2 Å². The first kappa shape index (κ1) is 14.1. The number of rotatable bonds is 4. The zero-order valence-corrected chi connectivity index (χ0v) is 11.8. The van der Waals surface area contributed by atoms with E-state index in [4.69, 9.17) is 5.11 Å². The van der Waals surface area contributed by atoms with Crippen LogP contribution in [0.5, 0.6) is 0 Å². The second-order valence-electron chi connectivity index (χ2n) is 4.80. The third-order valence-electron chi connectivity index (χ3n) is 3.30. The van der Waals surface area contributed by atoms with Gasteiger partial charge >= 0.3 is 0 Å². The van der Waals surface area contributed by atoms with Gasteiger partial charge < -0.3 is 10.4 Å². The quantitative estimate of drug-likeness (QED) is 0.830. The third kappa shape index (κ3) is 4.38. The molecular formula is C15H19NO2S. The molecule has 1 heterocycles. The van der Waals surface area contributed by atoms with Crippen molar-refractivity contribution in [2.75, 3.05) is 13.2 Å². The summed E-state index contributed by atoms with van der Waals surface area (Å²) in [6.45, 7) is 0.870. The van der Waals surface area contributed by atoms with Crippen LogP contribution in [-0.2, 0) is 0 Å². The van der Waals surface area contributed by atoms with Gasteiger partial charge in [-0.05, 0) is 30.9 Å². The smallest absolute Gasteiger partial charge is 0.261 e. The van der Waals surface area contributed by atoms with E-state index in [9.17, 15) is 4.79 Å². The summed E-state index contributed by atoms with van der Waals surface area (Å²) < 4.78 is 0. The summed E-state index contributed by atoms with van der Waals surface area (Å²) in [6.07, 6.45) is 5.54. The van der Waals surface area contributed by atoms with Crippen molar-refractivity contribution in [1.82, 2.24) is 5.32 Å². The third-order valence-corrected chi connectivity index (χ3v) is 4.30. The fourth-order valence-corrected chi connectivity index (χ4v) is 3.07. The first-order valence-electron chi connectivity index (χ1n) is 6.77. The van der Waals surface area contributed by atoms with Crippen molar-refractivity contribution in [3.05, 3.63) is 21.9 Å². The second-order valence-corrected chi connectivity index (χ2v) is 5.88. The molecule has 1 aromatic heterocycles. The Balaban J connectivity index is 1.83. The minimum Gasteiger partial charge on any atom is -0.395 e. The minimum atomic E-state index is 0.00658. The summed E-state index contributed by atoms with van der Waals surface area (Å²) in [4.78, 5) is 13.5. The molecule has 3 nitrogen and oxygen atoms in total. The lowest BCUT2D eigenvalue weighted by molar-refractivity contribution is 0.0951. The standard InChI is InChI=1S/C15H19NO2S/c17-10-4-3-7-13-8-9-14(19-13)15(18)16-11-12-5-1-2-6-12/h8-9,12,17H,1-2,4-6,10-11H2,(H,16,18). The topological polar surface area (TPSA) is 49.3 Å². The van der Waals surface area contributed by atoms with Crippen LogP contribution in [0.25, 0.3) is 0 Å². The Morgan fingerprint density at radius 2 is 2.21 bits per heavy atom. The first-order chi connectivity index (χ1) is 9.29. The highest BCUT2D eigenvalue weighted by molar-refractivity contribution is 7.14. The van der Waals surface area contributed by atoms with Gasteiger partial charge in [0, 0.05) is 13.0 Å². The number of hydrogen-bond donors (Lipinski definition) is 2. The van der Waals surface area contributed by atoms with E-state index in [1.807, 2.05) is 12.1 Å². The van der Waals surface area contributed by atoms with Gasteiger partial charge in [0.1, 0.15) is 0 Å². The summed E-state index contributed by atoms with van der Waals surface area (Å²) in [5.74, 6) is 6.47. The van der Waals surface area contributed by atoms with E-state index in [-0.39, 0.29) is 12.5 Å². The van der Waals surface area contributed by atoms with E-state index in [1.165, 1.54) is 37.0 Å². The normalized spacial score (nSPS) is 15.0. The molecule has 1 aliphatic carbocycles. The van der Waals surface area contributed by atoms with Gasteiger partial charge in [-0.25, -0.2) is 0 Å². The van der Waals surface area contributed by atoms with Crippen molar-refractivity contribution < 1.29 is 9.90 Å². The Labute approximate surface area is 118 Å². The van der Waals surface area contributed by atoms with Gasteiger partial charge in [0.05, 0.1) is 16.4 Å². The molecule has 1 fully saturated rings. The fraction of sp³-hybridized carbons (Fsp3) is 0.533. The summed E-state index contributed by atoms with van der Waals surface area (Å²) in [6, 6.07) is 3.68. The average molecular weight is 277 g/mol. The lowest BCUT2D eigenvalue weighted by atomic mass is 10.1. The van der Waals surface area contributed by atoms with Crippen LogP contribution in [0.15, 0.2) is 12.1 Å². The molecule has 0 radical (unpaired) electrons. The van der Waals surface area contributed by atoms with E-state index in [0.717, 1.165) is 11.4 Å². The van der Waals surface area contributed by atoms with Gasteiger partial charge in [-0.1, -0.05) is 24.7 Å². The molecule has 0 aliphatic heterocycles. The van der Waals surface area contributed by atoms with Crippen LogP contribution in [0.1, 0.15) is 46.7 Å². The highest BCUT2D eigenvalue weighted by atomic mass is 32.1. The zero-order chi connectivity index (χ0) is 13.5. The molecule has 0 unspecified atom stereocenters. The number of carbonyl (C=O) groups excluding carboxylic acids is 1. The van der Waals surface area contributed by atoms with Crippen LogP contribution >= 0.6 is 11.3 Å². The Bertz CT molecular complexity index is 478. The Morgan fingerprint density at radius 3 is 2.95 bits per heavy atom. The van der Waals surface area contributed by atoms with Gasteiger partial charge in [-0.3, -0.25) is 4.79 Å². The van der Waals surface area contributed by atoms with Crippen LogP contribution in [0.4, 0.5) is 0 Å². The SMILES string of the molecule is O=C(NCC1CCCC1)c1ccc(C#CCCO)s1. The number of amides is 1. The largest absolute Gasteiger partial charge is 0.395 e. The molecule has 0 spiro atoms. The molecule has 19 heavy (non-hydrogen) atoms. The number of thiophene rings is 1. The number of aliphatic hydroxyl groups excluding tert-OH is 1. The maximum atomic E-state index is 12.0. The van der Waals surface area contributed by atoms with Crippen LogP contribution < -0.4 is 5.32 Å². The predicted molar refractivity (Wildman–Crippen MR) is 77.2 cm³/mol. The summed E-state index contributed by atoms with van der Waals surface area (Å²) in [5.41, 5.74) is 0. The first-order valence-corrected chi connectivity index (χ1v) is 7.59. The predicted octanol–water partition coefficient (Wildman–Crippen LogP) is 2.40. The Morgan fingerprint density at radius 1 is 1.42 bits per heavy atom. The van der Waals surface area contributed by atoms with Crippen molar-refractivity contribution in [3.8, 4) is 11.8 Å². The van der Waals surface area contributed by atoms with Crippen LogP contribution in [0, 0.1) is 17.8 Å². The number of aliphatic hydroxyl groups is 1. The molecule has 0 bridgehead atoms. The average Bonchev–Trinajstić information content (AvgIpc) is 3.07. The van der Waals surface area contributed by atoms with E-state index >= 15 is 0 Å². The van der Waals surface area contributed by atoms with Crippen LogP contribution in [0.2, 0.25) is 0 Å². The molecule has 1 amide bonds. The van der Waals surface area contributed by atoms with Gasteiger partial charge in [0.2, 0.25) is 0 Å². The van der Waals surface area contributed by atoms with Gasteiger partial charge in [-0.2, -0.15) is 0 Å². The number of nitrogens with one attached hydrogen (secondary N) is 1. The van der Waals surface area contributed by atoms with Gasteiger partial charge in [0.15, 0.2) is 0 Å². The van der Waals surface area contributed by atoms with Crippen molar-refractivity contribution in [3.63, 3.8) is 0 Å². The lowest BCUT2D eigenvalue weighted by Gasteiger charge is -2.09. The molecule has 1 aliphatic rings. The molecular weight excluding hydrogens is 258 g/mol. The monoisotopic (exact) mass is 277 g/mol. The van der Waals surface area contributed by atoms with Crippen molar-refractivity contribution in [1.29, 1.82) is 0 Å². The highest BCUT2D eigenvalue weighted by Crippen LogP contribution is 2.24.